The van der Waals surface area contributed by atoms with Crippen LogP contribution in [0, 0.1) is 5.41 Å². The summed E-state index contributed by atoms with van der Waals surface area (Å²) in [7, 11) is 0. The molecule has 9 nitrogen and oxygen atoms in total. The van der Waals surface area contributed by atoms with Gasteiger partial charge in [-0.15, -0.1) is 0 Å². The molecule has 0 unspecified atom stereocenters. The molecule has 3 N–H and O–H groups in total. The van der Waals surface area contributed by atoms with Gasteiger partial charge in [-0.3, -0.25) is 19.9 Å². The Hall–Kier alpha value is -4.92. The Morgan fingerprint density at radius 3 is 2.54 bits per heavy atom. The predicted molar refractivity (Wildman–Crippen MR) is 144 cm³/mol. The number of H-pyrrole nitrogens is 2. The molecule has 0 radical (unpaired) electrons. The second kappa shape index (κ2) is 8.63. The Labute approximate surface area is 212 Å². The molecule has 6 aromatic heterocycles. The normalized spacial score (nSPS) is 11.8. The number of aromatic amines is 2. The Kier molecular flexibility index (Phi) is 5.26. The van der Waals surface area contributed by atoms with Gasteiger partial charge < -0.3 is 10.3 Å². The van der Waals surface area contributed by atoms with Crippen LogP contribution >= 0.6 is 0 Å². The summed E-state index contributed by atoms with van der Waals surface area (Å²) in [6.45, 7) is 5.62. The maximum absolute atomic E-state index is 12.4. The Balaban J connectivity index is 1.40. The molecule has 0 aliphatic rings. The lowest BCUT2D eigenvalue weighted by atomic mass is 9.95. The van der Waals surface area contributed by atoms with E-state index in [-0.39, 0.29) is 5.91 Å². The number of hydrogen-bond donors (Lipinski definition) is 3. The average Bonchev–Trinajstić information content (AvgIpc) is 3.52. The van der Waals surface area contributed by atoms with Crippen molar-refractivity contribution in [2.24, 2.45) is 5.41 Å². The highest BCUT2D eigenvalue weighted by Gasteiger charge is 2.21. The number of anilines is 1. The Bertz CT molecular complexity index is 1760. The van der Waals surface area contributed by atoms with Crippen molar-refractivity contribution < 1.29 is 4.79 Å². The first-order valence-corrected chi connectivity index (χ1v) is 11.9. The molecule has 1 amide bonds. The Morgan fingerprint density at radius 1 is 0.865 bits per heavy atom. The number of amides is 1. The number of fused-ring (bicyclic) bond motifs is 2. The van der Waals surface area contributed by atoms with Crippen molar-refractivity contribution in [2.45, 2.75) is 20.8 Å². The molecule has 0 aromatic carbocycles. The number of aromatic nitrogens is 7. The minimum absolute atomic E-state index is 0.0744. The predicted octanol–water partition coefficient (Wildman–Crippen LogP) is 5.61. The monoisotopic (exact) mass is 488 g/mol. The number of rotatable bonds is 4. The quantitative estimate of drug-likeness (QED) is 0.296. The number of nitrogens with zero attached hydrogens (tertiary/aromatic N) is 5. The highest BCUT2D eigenvalue weighted by atomic mass is 16.2. The van der Waals surface area contributed by atoms with Crippen LogP contribution in [0.5, 0.6) is 0 Å². The zero-order valence-corrected chi connectivity index (χ0v) is 20.6. The summed E-state index contributed by atoms with van der Waals surface area (Å²) in [4.78, 5) is 33.7. The van der Waals surface area contributed by atoms with Gasteiger partial charge in [-0.05, 0) is 36.4 Å². The van der Waals surface area contributed by atoms with Crippen LogP contribution in [0.1, 0.15) is 20.8 Å². The molecule has 0 fully saturated rings. The topological polar surface area (TPSA) is 125 Å². The molecule has 6 aromatic rings. The van der Waals surface area contributed by atoms with Crippen LogP contribution in [0.2, 0.25) is 0 Å². The van der Waals surface area contributed by atoms with Crippen molar-refractivity contribution in [1.29, 1.82) is 0 Å². The van der Waals surface area contributed by atoms with Crippen LogP contribution in [0.25, 0.3) is 55.8 Å². The lowest BCUT2D eigenvalue weighted by Gasteiger charge is -2.17. The molecule has 0 saturated carbocycles. The van der Waals surface area contributed by atoms with Crippen molar-refractivity contribution in [3.05, 3.63) is 73.4 Å². The second-order valence-corrected chi connectivity index (χ2v) is 9.88. The molecule has 37 heavy (non-hydrogen) atoms. The second-order valence-electron chi connectivity index (χ2n) is 9.88. The molecule has 0 aliphatic heterocycles. The lowest BCUT2D eigenvalue weighted by Crippen LogP contribution is -2.27. The van der Waals surface area contributed by atoms with Crippen molar-refractivity contribution in [3.8, 4) is 33.8 Å². The maximum Gasteiger partial charge on any atom is 0.229 e. The summed E-state index contributed by atoms with van der Waals surface area (Å²) in [5.74, 6) is -0.0744. The fourth-order valence-corrected chi connectivity index (χ4v) is 4.15. The maximum atomic E-state index is 12.4. The molecular formula is C28H24N8O. The van der Waals surface area contributed by atoms with Crippen LogP contribution in [0.4, 0.5) is 5.69 Å². The van der Waals surface area contributed by atoms with Gasteiger partial charge in [-0.2, -0.15) is 5.10 Å². The largest absolute Gasteiger partial charge is 0.338 e. The summed E-state index contributed by atoms with van der Waals surface area (Å²) < 4.78 is 0. The molecule has 0 bridgehead atoms. The summed E-state index contributed by atoms with van der Waals surface area (Å²) in [5, 5.41) is 12.3. The molecule has 6 heterocycles. The number of carbonyl (C=O) groups excluding carboxylic acids is 1. The van der Waals surface area contributed by atoms with Gasteiger partial charge >= 0.3 is 0 Å². The fourth-order valence-electron chi connectivity index (χ4n) is 4.15. The minimum Gasteiger partial charge on any atom is -0.338 e. The van der Waals surface area contributed by atoms with Crippen LogP contribution in [0.15, 0.2) is 73.4 Å². The summed E-state index contributed by atoms with van der Waals surface area (Å²) in [5.41, 5.74) is 6.67. The highest BCUT2D eigenvalue weighted by molar-refractivity contribution is 5.99. The molecule has 0 saturated heterocycles. The van der Waals surface area contributed by atoms with E-state index in [1.807, 2.05) is 63.2 Å². The molecule has 6 rings (SSSR count). The molecule has 0 aliphatic carbocycles. The van der Waals surface area contributed by atoms with Crippen LogP contribution in [0.3, 0.4) is 0 Å². The van der Waals surface area contributed by atoms with E-state index in [1.54, 1.807) is 31.0 Å². The van der Waals surface area contributed by atoms with Crippen molar-refractivity contribution in [1.82, 2.24) is 35.1 Å². The molecule has 0 spiro atoms. The third kappa shape index (κ3) is 4.20. The molecule has 182 valence electrons. The van der Waals surface area contributed by atoms with Crippen molar-refractivity contribution in [3.63, 3.8) is 0 Å². The molecule has 0 atom stereocenters. The van der Waals surface area contributed by atoms with Gasteiger partial charge in [0.2, 0.25) is 5.91 Å². The number of nitrogens with one attached hydrogen (secondary N) is 3. The number of carbonyl (C=O) groups is 1. The van der Waals surface area contributed by atoms with Gasteiger partial charge in [-0.25, -0.2) is 9.97 Å². The first kappa shape index (κ1) is 22.5. The van der Waals surface area contributed by atoms with Gasteiger partial charge in [-0.1, -0.05) is 26.8 Å². The van der Waals surface area contributed by atoms with Crippen LogP contribution in [-0.2, 0) is 4.79 Å². The van der Waals surface area contributed by atoms with Crippen LogP contribution in [-0.4, -0.2) is 41.0 Å². The van der Waals surface area contributed by atoms with Gasteiger partial charge in [0, 0.05) is 57.7 Å². The van der Waals surface area contributed by atoms with E-state index >= 15 is 0 Å². The summed E-state index contributed by atoms with van der Waals surface area (Å²) >= 11 is 0. The number of pyridine rings is 4. The Morgan fingerprint density at radius 2 is 1.73 bits per heavy atom. The minimum atomic E-state index is -0.507. The third-order valence-corrected chi connectivity index (χ3v) is 6.15. The van der Waals surface area contributed by atoms with Gasteiger partial charge in [0.05, 0.1) is 23.3 Å². The fraction of sp³-hybridized carbons (Fsp3) is 0.143. The van der Waals surface area contributed by atoms with E-state index in [2.05, 4.69) is 40.4 Å². The first-order chi connectivity index (χ1) is 17.9. The zero-order valence-electron chi connectivity index (χ0n) is 20.6. The van der Waals surface area contributed by atoms with E-state index in [4.69, 9.17) is 0 Å². The first-order valence-electron chi connectivity index (χ1n) is 11.9. The third-order valence-electron chi connectivity index (χ3n) is 6.15. The zero-order chi connectivity index (χ0) is 25.6. The lowest BCUT2D eigenvalue weighted by molar-refractivity contribution is -0.123. The van der Waals surface area contributed by atoms with Gasteiger partial charge in [0.1, 0.15) is 11.3 Å². The van der Waals surface area contributed by atoms with E-state index in [1.165, 1.54) is 0 Å². The van der Waals surface area contributed by atoms with Crippen molar-refractivity contribution >= 4 is 33.7 Å². The number of hydrogen-bond acceptors (Lipinski definition) is 6. The molecule has 9 heteroatoms. The van der Waals surface area contributed by atoms with E-state index in [0.29, 0.717) is 11.3 Å². The smallest absolute Gasteiger partial charge is 0.229 e. The SMILES string of the molecule is CC(C)(C)C(=O)Nc1cncc(-c2cnc3[nH]nc(-c4cc5c(-c6ccccn6)ccnc5[nH]4)c3c2)c1. The average molecular weight is 489 g/mol. The van der Waals surface area contributed by atoms with Gasteiger partial charge in [0.25, 0.3) is 0 Å². The van der Waals surface area contributed by atoms with Gasteiger partial charge in [0.15, 0.2) is 5.65 Å². The molecular weight excluding hydrogens is 464 g/mol. The summed E-state index contributed by atoms with van der Waals surface area (Å²) in [6, 6.07) is 13.8. The standard InChI is InChI=1S/C28H24N8O/c1-28(2,3)27(37)33-18-10-16(13-29-15-18)17-11-21-24(35-36-26(21)32-14-17)23-12-20-19(7-9-31-25(20)34-23)22-6-4-5-8-30-22/h4-15H,1-3H3,(H,31,34)(H,33,37)(H,32,35,36). The highest BCUT2D eigenvalue weighted by Crippen LogP contribution is 2.33. The summed E-state index contributed by atoms with van der Waals surface area (Å²) in [6.07, 6.45) is 8.71. The van der Waals surface area contributed by atoms with Crippen molar-refractivity contribution in [2.75, 3.05) is 5.32 Å². The van der Waals surface area contributed by atoms with E-state index < -0.39 is 5.41 Å². The van der Waals surface area contributed by atoms with E-state index in [0.717, 1.165) is 50.2 Å². The van der Waals surface area contributed by atoms with E-state index in [9.17, 15) is 4.79 Å². The van der Waals surface area contributed by atoms with Crippen LogP contribution < -0.4 is 5.32 Å².